The van der Waals surface area contributed by atoms with Crippen LogP contribution in [0.1, 0.15) is 34.1 Å². The standard InChI is InChI=1S/C11H19N/c1-6-8-12-10(7-2)9-11(3,4)5/h6-8H,1,9H2,2-5H3/b10-7-,12-8?. The third-order valence-corrected chi connectivity index (χ3v) is 1.39. The lowest BCUT2D eigenvalue weighted by Crippen LogP contribution is -2.05. The minimum Gasteiger partial charge on any atom is -0.262 e. The monoisotopic (exact) mass is 165 g/mol. The molecule has 0 aromatic carbocycles. The van der Waals surface area contributed by atoms with E-state index in [2.05, 4.69) is 32.3 Å². The van der Waals surface area contributed by atoms with Crippen molar-refractivity contribution in [3.63, 3.8) is 0 Å². The normalized spacial score (nSPS) is 13.8. The molecule has 0 aliphatic rings. The summed E-state index contributed by atoms with van der Waals surface area (Å²) in [5.74, 6) is 0. The van der Waals surface area contributed by atoms with Gasteiger partial charge in [0.1, 0.15) is 0 Å². The molecule has 0 N–H and O–H groups in total. The predicted octanol–water partition coefficient (Wildman–Crippen LogP) is 3.58. The Morgan fingerprint density at radius 1 is 1.42 bits per heavy atom. The van der Waals surface area contributed by atoms with Crippen LogP contribution in [0.4, 0.5) is 0 Å². The van der Waals surface area contributed by atoms with Gasteiger partial charge in [-0.15, -0.1) is 0 Å². The molecule has 0 aromatic rings. The highest BCUT2D eigenvalue weighted by Crippen LogP contribution is 2.24. The largest absolute Gasteiger partial charge is 0.262 e. The summed E-state index contributed by atoms with van der Waals surface area (Å²) < 4.78 is 0. The summed E-state index contributed by atoms with van der Waals surface area (Å²) in [6, 6.07) is 0. The van der Waals surface area contributed by atoms with Crippen molar-refractivity contribution in [3.05, 3.63) is 24.4 Å². The molecule has 0 bridgehead atoms. The number of hydrogen-bond acceptors (Lipinski definition) is 1. The first-order chi connectivity index (χ1) is 5.49. The average Bonchev–Trinajstić information content (AvgIpc) is 1.95. The van der Waals surface area contributed by atoms with Gasteiger partial charge in [-0.1, -0.05) is 39.5 Å². The van der Waals surface area contributed by atoms with E-state index in [9.17, 15) is 0 Å². The van der Waals surface area contributed by atoms with Crippen LogP contribution < -0.4 is 0 Å². The van der Waals surface area contributed by atoms with Gasteiger partial charge < -0.3 is 0 Å². The molecule has 0 rings (SSSR count). The first-order valence-corrected chi connectivity index (χ1v) is 4.30. The maximum absolute atomic E-state index is 4.26. The molecule has 0 fully saturated rings. The van der Waals surface area contributed by atoms with Crippen LogP contribution in [0.2, 0.25) is 0 Å². The molecule has 0 aromatic heterocycles. The van der Waals surface area contributed by atoms with Crippen LogP contribution in [0.25, 0.3) is 0 Å². The van der Waals surface area contributed by atoms with Gasteiger partial charge in [0.2, 0.25) is 0 Å². The Morgan fingerprint density at radius 2 is 2.00 bits per heavy atom. The molecule has 1 nitrogen and oxygen atoms in total. The van der Waals surface area contributed by atoms with E-state index >= 15 is 0 Å². The molecule has 68 valence electrons. The quantitative estimate of drug-likeness (QED) is 0.567. The van der Waals surface area contributed by atoms with Crippen LogP contribution >= 0.6 is 0 Å². The highest BCUT2D eigenvalue weighted by Gasteiger charge is 2.11. The predicted molar refractivity (Wildman–Crippen MR) is 56.5 cm³/mol. The van der Waals surface area contributed by atoms with Crippen LogP contribution in [0.3, 0.4) is 0 Å². The van der Waals surface area contributed by atoms with Crippen molar-refractivity contribution >= 4 is 6.21 Å². The van der Waals surface area contributed by atoms with E-state index in [0.717, 1.165) is 12.1 Å². The Bertz CT molecular complexity index is 192. The molecule has 0 amide bonds. The van der Waals surface area contributed by atoms with Gasteiger partial charge in [-0.3, -0.25) is 4.99 Å². The van der Waals surface area contributed by atoms with Gasteiger partial charge in [-0.2, -0.15) is 0 Å². The molecular weight excluding hydrogens is 146 g/mol. The van der Waals surface area contributed by atoms with E-state index in [1.54, 1.807) is 12.3 Å². The van der Waals surface area contributed by atoms with Gasteiger partial charge in [0.05, 0.1) is 0 Å². The molecule has 0 aliphatic carbocycles. The van der Waals surface area contributed by atoms with Crippen molar-refractivity contribution in [2.45, 2.75) is 34.1 Å². The average molecular weight is 165 g/mol. The zero-order valence-corrected chi connectivity index (χ0v) is 8.59. The molecule has 0 atom stereocenters. The third kappa shape index (κ3) is 5.90. The smallest absolute Gasteiger partial charge is 0.0366 e. The minimum atomic E-state index is 0.306. The maximum atomic E-state index is 4.26. The minimum absolute atomic E-state index is 0.306. The molecule has 0 radical (unpaired) electrons. The van der Waals surface area contributed by atoms with Crippen molar-refractivity contribution in [3.8, 4) is 0 Å². The van der Waals surface area contributed by atoms with Crippen LogP contribution in [-0.2, 0) is 0 Å². The van der Waals surface area contributed by atoms with Crippen LogP contribution in [0, 0.1) is 5.41 Å². The summed E-state index contributed by atoms with van der Waals surface area (Å²) in [7, 11) is 0. The van der Waals surface area contributed by atoms with Crippen molar-refractivity contribution in [2.24, 2.45) is 10.4 Å². The lowest BCUT2D eigenvalue weighted by Gasteiger charge is -2.17. The fourth-order valence-electron chi connectivity index (χ4n) is 0.914. The summed E-state index contributed by atoms with van der Waals surface area (Å²) >= 11 is 0. The number of hydrogen-bond donors (Lipinski definition) is 0. The van der Waals surface area contributed by atoms with Gasteiger partial charge in [0.15, 0.2) is 0 Å². The number of aliphatic imine (C=N–C) groups is 1. The SMILES string of the molecule is C=CC=N/C(=C\C)CC(C)(C)C. The zero-order valence-electron chi connectivity index (χ0n) is 8.59. The van der Waals surface area contributed by atoms with E-state index in [1.807, 2.05) is 13.0 Å². The molecule has 0 unspecified atom stereocenters. The Balaban J connectivity index is 4.21. The van der Waals surface area contributed by atoms with Crippen LogP contribution in [0.15, 0.2) is 29.4 Å². The fourth-order valence-corrected chi connectivity index (χ4v) is 0.914. The fraction of sp³-hybridized carbons (Fsp3) is 0.545. The summed E-state index contributed by atoms with van der Waals surface area (Å²) in [6.45, 7) is 12.2. The first-order valence-electron chi connectivity index (χ1n) is 4.30. The lowest BCUT2D eigenvalue weighted by molar-refractivity contribution is 0.408. The number of nitrogens with zero attached hydrogens (tertiary/aromatic N) is 1. The third-order valence-electron chi connectivity index (χ3n) is 1.39. The van der Waals surface area contributed by atoms with E-state index in [0.29, 0.717) is 5.41 Å². The van der Waals surface area contributed by atoms with E-state index in [-0.39, 0.29) is 0 Å². The summed E-state index contributed by atoms with van der Waals surface area (Å²) in [6.07, 6.45) is 6.49. The molecular formula is C11H19N. The summed E-state index contributed by atoms with van der Waals surface area (Å²) in [4.78, 5) is 4.26. The Morgan fingerprint density at radius 3 is 2.33 bits per heavy atom. The van der Waals surface area contributed by atoms with Gasteiger partial charge in [-0.25, -0.2) is 0 Å². The van der Waals surface area contributed by atoms with Crippen LogP contribution in [0.5, 0.6) is 0 Å². The van der Waals surface area contributed by atoms with Gasteiger partial charge in [0.25, 0.3) is 0 Å². The molecule has 0 aliphatic heterocycles. The van der Waals surface area contributed by atoms with E-state index < -0.39 is 0 Å². The van der Waals surface area contributed by atoms with Crippen molar-refractivity contribution in [1.29, 1.82) is 0 Å². The second kappa shape index (κ2) is 4.91. The van der Waals surface area contributed by atoms with Crippen molar-refractivity contribution in [1.82, 2.24) is 0 Å². The Labute approximate surface area is 75.9 Å². The molecule has 1 heteroatoms. The second-order valence-corrected chi connectivity index (χ2v) is 4.03. The molecule has 0 saturated heterocycles. The highest BCUT2D eigenvalue weighted by atomic mass is 14.7. The van der Waals surface area contributed by atoms with E-state index in [1.165, 1.54) is 0 Å². The lowest BCUT2D eigenvalue weighted by atomic mass is 9.90. The summed E-state index contributed by atoms with van der Waals surface area (Å²) in [5, 5.41) is 0. The molecule has 0 heterocycles. The molecule has 0 spiro atoms. The Hall–Kier alpha value is -0.850. The van der Waals surface area contributed by atoms with E-state index in [4.69, 9.17) is 0 Å². The topological polar surface area (TPSA) is 12.4 Å². The zero-order chi connectivity index (χ0) is 9.61. The first kappa shape index (κ1) is 11.2. The van der Waals surface area contributed by atoms with Gasteiger partial charge in [-0.05, 0) is 18.8 Å². The number of allylic oxidation sites excluding steroid dienone is 3. The number of rotatable bonds is 3. The van der Waals surface area contributed by atoms with Gasteiger partial charge >= 0.3 is 0 Å². The highest BCUT2D eigenvalue weighted by molar-refractivity contribution is 5.71. The molecule has 0 saturated carbocycles. The summed E-state index contributed by atoms with van der Waals surface area (Å²) in [5.41, 5.74) is 1.43. The molecule has 12 heavy (non-hydrogen) atoms. The van der Waals surface area contributed by atoms with Crippen molar-refractivity contribution in [2.75, 3.05) is 0 Å². The maximum Gasteiger partial charge on any atom is 0.0366 e. The second-order valence-electron chi connectivity index (χ2n) is 4.03. The van der Waals surface area contributed by atoms with Crippen molar-refractivity contribution < 1.29 is 0 Å². The van der Waals surface area contributed by atoms with Crippen LogP contribution in [-0.4, -0.2) is 6.21 Å². The Kier molecular flexibility index (Phi) is 4.57. The van der Waals surface area contributed by atoms with Gasteiger partial charge in [0, 0.05) is 11.9 Å².